The first-order valence-electron chi connectivity index (χ1n) is 6.68. The highest BCUT2D eigenvalue weighted by Gasteiger charge is 2.35. The molecule has 0 bridgehead atoms. The van der Waals surface area contributed by atoms with Gasteiger partial charge in [0.25, 0.3) is 0 Å². The first-order chi connectivity index (χ1) is 8.82. The molecule has 1 aliphatic rings. The van der Waals surface area contributed by atoms with Crippen LogP contribution < -0.4 is 5.73 Å². The van der Waals surface area contributed by atoms with E-state index in [2.05, 4.69) is 13.8 Å². The van der Waals surface area contributed by atoms with E-state index in [1.165, 1.54) is 4.31 Å². The number of benzene rings is 1. The zero-order chi connectivity index (χ0) is 14.2. The molecule has 1 fully saturated rings. The van der Waals surface area contributed by atoms with Crippen LogP contribution in [0.3, 0.4) is 0 Å². The van der Waals surface area contributed by atoms with Crippen LogP contribution in [0.1, 0.15) is 32.3 Å². The molecule has 106 valence electrons. The van der Waals surface area contributed by atoms with Crippen LogP contribution in [0.2, 0.25) is 0 Å². The molecule has 2 atom stereocenters. The van der Waals surface area contributed by atoms with E-state index < -0.39 is 10.0 Å². The topological polar surface area (TPSA) is 63.4 Å². The third kappa shape index (κ3) is 2.83. The molecule has 0 spiro atoms. The molecule has 2 unspecified atom stereocenters. The highest BCUT2D eigenvalue weighted by atomic mass is 32.2. The van der Waals surface area contributed by atoms with Gasteiger partial charge in [0.15, 0.2) is 0 Å². The van der Waals surface area contributed by atoms with E-state index in [0.29, 0.717) is 23.9 Å². The number of nitrogens with zero attached hydrogens (tertiary/aromatic N) is 1. The monoisotopic (exact) mass is 282 g/mol. The van der Waals surface area contributed by atoms with Gasteiger partial charge in [0, 0.05) is 19.1 Å². The van der Waals surface area contributed by atoms with Gasteiger partial charge in [-0.25, -0.2) is 8.42 Å². The molecular formula is C14H22N2O2S. The predicted molar refractivity (Wildman–Crippen MR) is 76.4 cm³/mol. The molecule has 2 rings (SSSR count). The van der Waals surface area contributed by atoms with Crippen molar-refractivity contribution in [3.8, 4) is 0 Å². The second-order valence-corrected chi connectivity index (χ2v) is 7.62. The van der Waals surface area contributed by atoms with Crippen molar-refractivity contribution in [1.82, 2.24) is 4.31 Å². The van der Waals surface area contributed by atoms with E-state index in [1.807, 2.05) is 19.1 Å². The van der Waals surface area contributed by atoms with Gasteiger partial charge in [-0.1, -0.05) is 32.9 Å². The molecule has 0 radical (unpaired) electrons. The van der Waals surface area contributed by atoms with Crippen molar-refractivity contribution in [2.75, 3.05) is 13.1 Å². The summed E-state index contributed by atoms with van der Waals surface area (Å²) in [6.45, 7) is 7.09. The Morgan fingerprint density at radius 2 is 1.79 bits per heavy atom. The predicted octanol–water partition coefficient (Wildman–Crippen LogP) is 1.78. The third-order valence-electron chi connectivity index (χ3n) is 3.82. The van der Waals surface area contributed by atoms with Crippen LogP contribution in [0.4, 0.5) is 0 Å². The summed E-state index contributed by atoms with van der Waals surface area (Å²) in [6, 6.07) is 7.09. The minimum atomic E-state index is -3.39. The standard InChI is InChI=1S/C14H22N2O2S/c1-10(2)12-4-6-13(7-5-12)19(17,18)16-8-11(3)14(15)9-16/h4-7,10-11,14H,8-9,15H2,1-3H3. The fourth-order valence-electron chi connectivity index (χ4n) is 2.32. The van der Waals surface area contributed by atoms with E-state index in [9.17, 15) is 8.42 Å². The summed E-state index contributed by atoms with van der Waals surface area (Å²) in [5, 5.41) is 0. The molecule has 1 saturated heterocycles. The molecule has 4 nitrogen and oxygen atoms in total. The fourth-order valence-corrected chi connectivity index (χ4v) is 3.89. The summed E-state index contributed by atoms with van der Waals surface area (Å²) < 4.78 is 26.4. The van der Waals surface area contributed by atoms with Crippen LogP contribution >= 0.6 is 0 Å². The number of nitrogens with two attached hydrogens (primary N) is 1. The van der Waals surface area contributed by atoms with Gasteiger partial charge >= 0.3 is 0 Å². The van der Waals surface area contributed by atoms with Gasteiger partial charge in [-0.05, 0) is 29.5 Å². The van der Waals surface area contributed by atoms with E-state index in [1.54, 1.807) is 12.1 Å². The highest BCUT2D eigenvalue weighted by molar-refractivity contribution is 7.89. The van der Waals surface area contributed by atoms with Crippen LogP contribution in [0.5, 0.6) is 0 Å². The molecule has 1 aromatic rings. The molecule has 0 aliphatic carbocycles. The summed E-state index contributed by atoms with van der Waals surface area (Å²) in [4.78, 5) is 0.359. The molecule has 5 heteroatoms. The van der Waals surface area contributed by atoms with Crippen molar-refractivity contribution in [2.24, 2.45) is 11.7 Å². The average Bonchev–Trinajstić information content (AvgIpc) is 2.70. The van der Waals surface area contributed by atoms with Crippen LogP contribution in [0.25, 0.3) is 0 Å². The molecule has 0 saturated carbocycles. The van der Waals surface area contributed by atoms with Gasteiger partial charge in [0.1, 0.15) is 0 Å². The Morgan fingerprint density at radius 3 is 2.21 bits per heavy atom. The van der Waals surface area contributed by atoms with Gasteiger partial charge in [-0.2, -0.15) is 4.31 Å². The Bertz CT molecular complexity index is 527. The minimum Gasteiger partial charge on any atom is -0.326 e. The van der Waals surface area contributed by atoms with Crippen LogP contribution in [0.15, 0.2) is 29.2 Å². The van der Waals surface area contributed by atoms with Crippen LogP contribution in [-0.2, 0) is 10.0 Å². The van der Waals surface area contributed by atoms with Crippen molar-refractivity contribution in [2.45, 2.75) is 37.6 Å². The Balaban J connectivity index is 2.25. The van der Waals surface area contributed by atoms with Crippen molar-refractivity contribution >= 4 is 10.0 Å². The van der Waals surface area contributed by atoms with Gasteiger partial charge < -0.3 is 5.73 Å². The molecule has 1 aliphatic heterocycles. The summed E-state index contributed by atoms with van der Waals surface area (Å²) in [6.07, 6.45) is 0. The van der Waals surface area contributed by atoms with E-state index >= 15 is 0 Å². The lowest BCUT2D eigenvalue weighted by molar-refractivity contribution is 0.464. The second-order valence-electron chi connectivity index (χ2n) is 5.69. The van der Waals surface area contributed by atoms with E-state index in [0.717, 1.165) is 5.56 Å². The SMILES string of the molecule is CC(C)c1ccc(S(=O)(=O)N2CC(C)C(N)C2)cc1. The van der Waals surface area contributed by atoms with Gasteiger partial charge in [-0.3, -0.25) is 0 Å². The molecule has 0 aromatic heterocycles. The Hall–Kier alpha value is -0.910. The summed E-state index contributed by atoms with van der Waals surface area (Å²) in [7, 11) is -3.39. The van der Waals surface area contributed by atoms with E-state index in [-0.39, 0.29) is 12.0 Å². The molecule has 19 heavy (non-hydrogen) atoms. The molecule has 2 N–H and O–H groups in total. The largest absolute Gasteiger partial charge is 0.326 e. The fraction of sp³-hybridized carbons (Fsp3) is 0.571. The zero-order valence-corrected chi connectivity index (χ0v) is 12.5. The average molecular weight is 282 g/mol. The maximum atomic E-state index is 12.5. The lowest BCUT2D eigenvalue weighted by atomic mass is 10.0. The van der Waals surface area contributed by atoms with Crippen molar-refractivity contribution in [3.63, 3.8) is 0 Å². The maximum Gasteiger partial charge on any atom is 0.243 e. The minimum absolute atomic E-state index is 0.0651. The third-order valence-corrected chi connectivity index (χ3v) is 5.67. The molecule has 1 heterocycles. The maximum absolute atomic E-state index is 12.5. The van der Waals surface area contributed by atoms with Gasteiger partial charge in [0.05, 0.1) is 4.90 Å². The molecule has 0 amide bonds. The van der Waals surface area contributed by atoms with Crippen LogP contribution in [0, 0.1) is 5.92 Å². The van der Waals surface area contributed by atoms with Crippen molar-refractivity contribution in [3.05, 3.63) is 29.8 Å². The van der Waals surface area contributed by atoms with Crippen molar-refractivity contribution in [1.29, 1.82) is 0 Å². The first kappa shape index (κ1) is 14.5. The quantitative estimate of drug-likeness (QED) is 0.919. The number of hydrogen-bond acceptors (Lipinski definition) is 3. The lowest BCUT2D eigenvalue weighted by Gasteiger charge is -2.16. The summed E-state index contributed by atoms with van der Waals surface area (Å²) in [5.74, 6) is 0.613. The van der Waals surface area contributed by atoms with Gasteiger partial charge in [0.2, 0.25) is 10.0 Å². The number of sulfonamides is 1. The normalized spacial score (nSPS) is 25.1. The second kappa shape index (κ2) is 5.23. The van der Waals surface area contributed by atoms with Crippen LogP contribution in [-0.4, -0.2) is 31.9 Å². The number of hydrogen-bond donors (Lipinski definition) is 1. The smallest absolute Gasteiger partial charge is 0.243 e. The van der Waals surface area contributed by atoms with Gasteiger partial charge in [-0.15, -0.1) is 0 Å². The van der Waals surface area contributed by atoms with Crippen molar-refractivity contribution < 1.29 is 8.42 Å². The summed E-state index contributed by atoms with van der Waals surface area (Å²) >= 11 is 0. The number of rotatable bonds is 3. The lowest BCUT2D eigenvalue weighted by Crippen LogP contribution is -2.32. The Morgan fingerprint density at radius 1 is 1.21 bits per heavy atom. The first-order valence-corrected chi connectivity index (χ1v) is 8.12. The molecule has 1 aromatic carbocycles. The summed E-state index contributed by atoms with van der Waals surface area (Å²) in [5.41, 5.74) is 7.05. The molecular weight excluding hydrogens is 260 g/mol. The highest BCUT2D eigenvalue weighted by Crippen LogP contribution is 2.24. The Kier molecular flexibility index (Phi) is 3.99. The zero-order valence-electron chi connectivity index (χ0n) is 11.7. The Labute approximate surface area is 115 Å². The van der Waals surface area contributed by atoms with E-state index in [4.69, 9.17) is 5.73 Å².